The van der Waals surface area contributed by atoms with E-state index in [9.17, 15) is 9.59 Å². The zero-order chi connectivity index (χ0) is 11.3. The maximum atomic E-state index is 11.9. The van der Waals surface area contributed by atoms with Crippen LogP contribution in [0.15, 0.2) is 23.1 Å². The van der Waals surface area contributed by atoms with Gasteiger partial charge in [0.1, 0.15) is 0 Å². The third-order valence-electron chi connectivity index (χ3n) is 2.19. The quantitative estimate of drug-likeness (QED) is 0.809. The van der Waals surface area contributed by atoms with E-state index in [1.54, 1.807) is 11.0 Å². The summed E-state index contributed by atoms with van der Waals surface area (Å²) in [6.07, 6.45) is 2.39. The molecule has 0 aromatic carbocycles. The third kappa shape index (κ3) is 2.94. The Kier molecular flexibility index (Phi) is 4.09. The van der Waals surface area contributed by atoms with Gasteiger partial charge in [-0.15, -0.1) is 0 Å². The lowest BCUT2D eigenvalue weighted by atomic mass is 10.2. The second-order valence-corrected chi connectivity index (χ2v) is 3.33. The fourth-order valence-electron chi connectivity index (χ4n) is 1.40. The highest BCUT2D eigenvalue weighted by molar-refractivity contribution is 5.93. The normalized spacial score (nSPS) is 10.0. The first-order valence-corrected chi connectivity index (χ1v) is 5.17. The Labute approximate surface area is 88.9 Å². The van der Waals surface area contributed by atoms with Crippen molar-refractivity contribution in [1.29, 1.82) is 0 Å². The Morgan fingerprint density at radius 3 is 2.60 bits per heavy atom. The van der Waals surface area contributed by atoms with Gasteiger partial charge in [0.25, 0.3) is 5.91 Å². The SMILES string of the molecule is CCCN(CC)C(=O)c1ccc(=O)[nH]c1. The van der Waals surface area contributed by atoms with Crippen LogP contribution in [0.5, 0.6) is 0 Å². The molecule has 1 rings (SSSR count). The van der Waals surface area contributed by atoms with E-state index in [-0.39, 0.29) is 11.5 Å². The van der Waals surface area contributed by atoms with Gasteiger partial charge < -0.3 is 9.88 Å². The molecule has 1 N–H and O–H groups in total. The van der Waals surface area contributed by atoms with Crippen molar-refractivity contribution in [2.24, 2.45) is 0 Å². The van der Waals surface area contributed by atoms with Crippen molar-refractivity contribution in [3.8, 4) is 0 Å². The number of hydrogen-bond acceptors (Lipinski definition) is 2. The van der Waals surface area contributed by atoms with E-state index < -0.39 is 0 Å². The second kappa shape index (κ2) is 5.34. The largest absolute Gasteiger partial charge is 0.339 e. The van der Waals surface area contributed by atoms with Crippen LogP contribution in [0.4, 0.5) is 0 Å². The van der Waals surface area contributed by atoms with E-state index in [1.165, 1.54) is 12.3 Å². The van der Waals surface area contributed by atoms with Crippen LogP contribution < -0.4 is 5.56 Å². The molecule has 1 aromatic rings. The molecule has 15 heavy (non-hydrogen) atoms. The first-order chi connectivity index (χ1) is 7.19. The lowest BCUT2D eigenvalue weighted by molar-refractivity contribution is 0.0764. The third-order valence-corrected chi connectivity index (χ3v) is 2.19. The second-order valence-electron chi connectivity index (χ2n) is 3.33. The van der Waals surface area contributed by atoms with Crippen molar-refractivity contribution >= 4 is 5.91 Å². The van der Waals surface area contributed by atoms with E-state index in [0.717, 1.165) is 13.0 Å². The van der Waals surface area contributed by atoms with Crippen LogP contribution in [0.25, 0.3) is 0 Å². The predicted octanol–water partition coefficient (Wildman–Crippen LogP) is 1.25. The van der Waals surface area contributed by atoms with Crippen LogP contribution >= 0.6 is 0 Å². The molecule has 0 fully saturated rings. The molecule has 1 aromatic heterocycles. The summed E-state index contributed by atoms with van der Waals surface area (Å²) in [4.78, 5) is 27.0. The van der Waals surface area contributed by atoms with Crippen molar-refractivity contribution in [2.45, 2.75) is 20.3 Å². The van der Waals surface area contributed by atoms with Gasteiger partial charge in [-0.3, -0.25) is 9.59 Å². The van der Waals surface area contributed by atoms with Crippen LogP contribution in [0.3, 0.4) is 0 Å². The number of aromatic nitrogens is 1. The van der Waals surface area contributed by atoms with Gasteiger partial charge in [0.15, 0.2) is 0 Å². The van der Waals surface area contributed by atoms with Gasteiger partial charge in [0.05, 0.1) is 5.56 Å². The van der Waals surface area contributed by atoms with Crippen LogP contribution in [-0.2, 0) is 0 Å². The Morgan fingerprint density at radius 1 is 1.40 bits per heavy atom. The number of rotatable bonds is 4. The summed E-state index contributed by atoms with van der Waals surface area (Å²) in [6.45, 7) is 5.41. The first kappa shape index (κ1) is 11.5. The number of hydrogen-bond donors (Lipinski definition) is 1. The lowest BCUT2D eigenvalue weighted by Gasteiger charge is -2.19. The number of H-pyrrole nitrogens is 1. The van der Waals surface area contributed by atoms with Crippen LogP contribution in [0.2, 0.25) is 0 Å². The lowest BCUT2D eigenvalue weighted by Crippen LogP contribution is -2.31. The molecule has 4 nitrogen and oxygen atoms in total. The van der Waals surface area contributed by atoms with Gasteiger partial charge in [0, 0.05) is 25.4 Å². The van der Waals surface area contributed by atoms with Crippen molar-refractivity contribution < 1.29 is 4.79 Å². The van der Waals surface area contributed by atoms with Crippen LogP contribution in [0, 0.1) is 0 Å². The predicted molar refractivity (Wildman–Crippen MR) is 58.9 cm³/mol. The maximum Gasteiger partial charge on any atom is 0.255 e. The molecule has 82 valence electrons. The number of nitrogens with zero attached hydrogens (tertiary/aromatic N) is 1. The molecule has 1 heterocycles. The molecule has 0 atom stereocenters. The highest BCUT2D eigenvalue weighted by Crippen LogP contribution is 2.02. The molecule has 0 aliphatic rings. The van der Waals surface area contributed by atoms with Crippen LogP contribution in [0.1, 0.15) is 30.6 Å². The summed E-state index contributed by atoms with van der Waals surface area (Å²) in [7, 11) is 0. The van der Waals surface area contributed by atoms with E-state index in [0.29, 0.717) is 12.1 Å². The minimum Gasteiger partial charge on any atom is -0.339 e. The standard InChI is InChI=1S/C11H16N2O2/c1-3-7-13(4-2)11(15)9-5-6-10(14)12-8-9/h5-6,8H,3-4,7H2,1-2H3,(H,12,14). The smallest absolute Gasteiger partial charge is 0.255 e. The highest BCUT2D eigenvalue weighted by atomic mass is 16.2. The zero-order valence-corrected chi connectivity index (χ0v) is 9.12. The number of pyridine rings is 1. The van der Waals surface area contributed by atoms with E-state index in [1.807, 2.05) is 13.8 Å². The minimum atomic E-state index is -0.190. The Morgan fingerprint density at radius 2 is 2.13 bits per heavy atom. The summed E-state index contributed by atoms with van der Waals surface area (Å²) in [6, 6.07) is 2.92. The van der Waals surface area contributed by atoms with Gasteiger partial charge in [-0.2, -0.15) is 0 Å². The molecule has 0 saturated heterocycles. The summed E-state index contributed by atoms with van der Waals surface area (Å²) >= 11 is 0. The topological polar surface area (TPSA) is 53.2 Å². The zero-order valence-electron chi connectivity index (χ0n) is 9.12. The van der Waals surface area contributed by atoms with Crippen molar-refractivity contribution in [1.82, 2.24) is 9.88 Å². The van der Waals surface area contributed by atoms with E-state index in [4.69, 9.17) is 0 Å². The average molecular weight is 208 g/mol. The molecule has 1 amide bonds. The molecule has 0 aliphatic heterocycles. The molecule has 0 unspecified atom stereocenters. The fourth-order valence-corrected chi connectivity index (χ4v) is 1.40. The van der Waals surface area contributed by atoms with Crippen molar-refractivity contribution in [3.05, 3.63) is 34.2 Å². The molecule has 0 radical (unpaired) electrons. The Bertz CT molecular complexity index is 364. The number of amides is 1. The summed E-state index contributed by atoms with van der Waals surface area (Å²) < 4.78 is 0. The molecule has 4 heteroatoms. The monoisotopic (exact) mass is 208 g/mol. The number of nitrogens with one attached hydrogen (secondary N) is 1. The average Bonchev–Trinajstić information content (AvgIpc) is 2.26. The molecule has 0 aliphatic carbocycles. The van der Waals surface area contributed by atoms with Gasteiger partial charge in [0.2, 0.25) is 5.56 Å². The van der Waals surface area contributed by atoms with Gasteiger partial charge in [-0.25, -0.2) is 0 Å². The Hall–Kier alpha value is -1.58. The number of aromatic amines is 1. The first-order valence-electron chi connectivity index (χ1n) is 5.17. The number of carbonyl (C=O) groups excluding carboxylic acids is 1. The fraction of sp³-hybridized carbons (Fsp3) is 0.455. The van der Waals surface area contributed by atoms with Crippen molar-refractivity contribution in [2.75, 3.05) is 13.1 Å². The van der Waals surface area contributed by atoms with Crippen LogP contribution in [-0.4, -0.2) is 28.9 Å². The minimum absolute atomic E-state index is 0.0319. The molecular formula is C11H16N2O2. The molecular weight excluding hydrogens is 192 g/mol. The maximum absolute atomic E-state index is 11.9. The van der Waals surface area contributed by atoms with Gasteiger partial charge in [-0.1, -0.05) is 6.92 Å². The Balaban J connectivity index is 2.82. The van der Waals surface area contributed by atoms with E-state index >= 15 is 0 Å². The molecule has 0 spiro atoms. The molecule has 0 saturated carbocycles. The highest BCUT2D eigenvalue weighted by Gasteiger charge is 2.12. The van der Waals surface area contributed by atoms with Crippen molar-refractivity contribution in [3.63, 3.8) is 0 Å². The summed E-state index contributed by atoms with van der Waals surface area (Å²) in [5.41, 5.74) is 0.343. The number of carbonyl (C=O) groups is 1. The van der Waals surface area contributed by atoms with Gasteiger partial charge in [-0.05, 0) is 19.4 Å². The summed E-state index contributed by atoms with van der Waals surface area (Å²) in [5.74, 6) is -0.0319. The summed E-state index contributed by atoms with van der Waals surface area (Å²) in [5, 5.41) is 0. The van der Waals surface area contributed by atoms with Gasteiger partial charge >= 0.3 is 0 Å². The van der Waals surface area contributed by atoms with E-state index in [2.05, 4.69) is 4.98 Å². The molecule has 0 bridgehead atoms.